The molecule has 6 nitrogen and oxygen atoms in total. The Labute approximate surface area is 107 Å². The Morgan fingerprint density at radius 1 is 1.50 bits per heavy atom. The van der Waals surface area contributed by atoms with Gasteiger partial charge in [-0.25, -0.2) is 4.79 Å². The maximum Gasteiger partial charge on any atom is 0.407 e. The zero-order chi connectivity index (χ0) is 13.8. The van der Waals surface area contributed by atoms with Crippen LogP contribution in [-0.2, 0) is 9.53 Å². The molecule has 1 aliphatic heterocycles. The highest BCUT2D eigenvalue weighted by Crippen LogP contribution is 2.31. The fraction of sp³-hybridized carbons (Fsp3) is 0.833. The number of rotatable bonds is 4. The van der Waals surface area contributed by atoms with Gasteiger partial charge in [0.25, 0.3) is 0 Å². The summed E-state index contributed by atoms with van der Waals surface area (Å²) >= 11 is 0. The topological polar surface area (TPSA) is 87.1 Å². The molecule has 2 N–H and O–H groups in total. The summed E-state index contributed by atoms with van der Waals surface area (Å²) in [6.45, 7) is 4.09. The lowest BCUT2D eigenvalue weighted by molar-refractivity contribution is -0.160. The van der Waals surface area contributed by atoms with Crippen LogP contribution in [-0.4, -0.2) is 53.0 Å². The lowest BCUT2D eigenvalue weighted by atomic mass is 9.81. The maximum atomic E-state index is 12.0. The Morgan fingerprint density at radius 2 is 2.17 bits per heavy atom. The average Bonchev–Trinajstić information content (AvgIpc) is 2.28. The predicted molar refractivity (Wildman–Crippen MR) is 64.2 cm³/mol. The maximum absolute atomic E-state index is 12.0. The van der Waals surface area contributed by atoms with Crippen LogP contribution in [0.25, 0.3) is 0 Å². The first-order chi connectivity index (χ1) is 8.39. The average molecular weight is 259 g/mol. The summed E-state index contributed by atoms with van der Waals surface area (Å²) in [7, 11) is 0. The number of carboxylic acid groups (broad SMARTS) is 1. The van der Waals surface area contributed by atoms with Gasteiger partial charge in [0.15, 0.2) is 0 Å². The normalized spacial score (nSPS) is 27.9. The van der Waals surface area contributed by atoms with Crippen molar-refractivity contribution in [3.05, 3.63) is 0 Å². The van der Waals surface area contributed by atoms with Gasteiger partial charge in [-0.1, -0.05) is 13.3 Å². The first-order valence-corrected chi connectivity index (χ1v) is 6.22. The van der Waals surface area contributed by atoms with Crippen LogP contribution in [0.1, 0.15) is 33.1 Å². The molecule has 0 radical (unpaired) electrons. The van der Waals surface area contributed by atoms with E-state index >= 15 is 0 Å². The number of piperidine rings is 1. The Kier molecular flexibility index (Phi) is 4.95. The molecule has 0 spiro atoms. The van der Waals surface area contributed by atoms with Gasteiger partial charge in [0.05, 0.1) is 18.1 Å². The number of hydrogen-bond acceptors (Lipinski definition) is 4. The smallest absolute Gasteiger partial charge is 0.407 e. The summed E-state index contributed by atoms with van der Waals surface area (Å²) in [4.78, 5) is 24.0. The van der Waals surface area contributed by atoms with Crippen molar-refractivity contribution in [3.8, 4) is 0 Å². The van der Waals surface area contributed by atoms with Gasteiger partial charge in [0.1, 0.15) is 0 Å². The summed E-state index contributed by atoms with van der Waals surface area (Å²) in [5.41, 5.74) is -0.955. The minimum Gasteiger partial charge on any atom is -0.465 e. The van der Waals surface area contributed by atoms with E-state index in [1.807, 2.05) is 6.92 Å². The molecule has 18 heavy (non-hydrogen) atoms. The number of carbonyl (C=O) groups is 2. The van der Waals surface area contributed by atoms with Gasteiger partial charge in [-0.05, 0) is 19.8 Å². The van der Waals surface area contributed by atoms with Gasteiger partial charge in [0, 0.05) is 13.1 Å². The monoisotopic (exact) mass is 259 g/mol. The molecule has 0 aromatic carbocycles. The molecule has 1 saturated heterocycles. The van der Waals surface area contributed by atoms with Gasteiger partial charge in [-0.2, -0.15) is 0 Å². The van der Waals surface area contributed by atoms with E-state index < -0.39 is 23.6 Å². The van der Waals surface area contributed by atoms with Crippen molar-refractivity contribution in [2.24, 2.45) is 5.41 Å². The quantitative estimate of drug-likeness (QED) is 0.582. The number of unbranched alkanes of at least 4 members (excludes halogenated alkanes) is 1. The molecule has 2 unspecified atom stereocenters. The zero-order valence-corrected chi connectivity index (χ0v) is 10.9. The SMILES string of the molecule is CCCCOC(=O)C1(C)CC(O)CN(C(=O)O)C1. The van der Waals surface area contributed by atoms with Crippen molar-refractivity contribution in [1.82, 2.24) is 4.90 Å². The van der Waals surface area contributed by atoms with E-state index in [4.69, 9.17) is 9.84 Å². The molecular weight excluding hydrogens is 238 g/mol. The van der Waals surface area contributed by atoms with E-state index in [-0.39, 0.29) is 19.5 Å². The minimum atomic E-state index is -1.12. The third-order valence-corrected chi connectivity index (χ3v) is 3.15. The van der Waals surface area contributed by atoms with E-state index in [0.717, 1.165) is 17.7 Å². The number of amides is 1. The summed E-state index contributed by atoms with van der Waals surface area (Å²) in [6.07, 6.45) is 0.00252. The molecule has 0 saturated carbocycles. The number of β-amino-alcohol motifs (C(OH)–C–C–N with tert-alkyl or cyclic N) is 1. The van der Waals surface area contributed by atoms with Crippen molar-refractivity contribution in [2.45, 2.75) is 39.2 Å². The van der Waals surface area contributed by atoms with Crippen LogP contribution < -0.4 is 0 Å². The molecular formula is C12H21NO5. The molecule has 0 aromatic rings. The summed E-state index contributed by atoms with van der Waals surface area (Å²) < 4.78 is 5.13. The molecule has 0 aromatic heterocycles. The van der Waals surface area contributed by atoms with Crippen LogP contribution in [0.3, 0.4) is 0 Å². The van der Waals surface area contributed by atoms with E-state index in [1.54, 1.807) is 6.92 Å². The van der Waals surface area contributed by atoms with Crippen molar-refractivity contribution in [2.75, 3.05) is 19.7 Å². The summed E-state index contributed by atoms with van der Waals surface area (Å²) in [5.74, 6) is -0.430. The number of likely N-dealkylation sites (tertiary alicyclic amines) is 1. The molecule has 1 fully saturated rings. The van der Waals surface area contributed by atoms with Crippen molar-refractivity contribution >= 4 is 12.1 Å². The third-order valence-electron chi connectivity index (χ3n) is 3.15. The van der Waals surface area contributed by atoms with E-state index in [9.17, 15) is 14.7 Å². The van der Waals surface area contributed by atoms with E-state index in [0.29, 0.717) is 6.61 Å². The number of aliphatic hydroxyl groups is 1. The van der Waals surface area contributed by atoms with Crippen LogP contribution in [0.2, 0.25) is 0 Å². The summed E-state index contributed by atoms with van der Waals surface area (Å²) in [6, 6.07) is 0. The number of esters is 1. The highest BCUT2D eigenvalue weighted by atomic mass is 16.5. The Bertz CT molecular complexity index is 320. The first kappa shape index (κ1) is 14.8. The van der Waals surface area contributed by atoms with Gasteiger partial charge in [0.2, 0.25) is 0 Å². The van der Waals surface area contributed by atoms with Crippen molar-refractivity contribution in [1.29, 1.82) is 0 Å². The van der Waals surface area contributed by atoms with E-state index in [2.05, 4.69) is 0 Å². The van der Waals surface area contributed by atoms with Crippen LogP contribution in [0.5, 0.6) is 0 Å². The van der Waals surface area contributed by atoms with Gasteiger partial charge >= 0.3 is 12.1 Å². The number of ether oxygens (including phenoxy) is 1. The minimum absolute atomic E-state index is 0.0488. The van der Waals surface area contributed by atoms with Crippen LogP contribution >= 0.6 is 0 Å². The largest absolute Gasteiger partial charge is 0.465 e. The molecule has 1 aliphatic rings. The molecule has 0 bridgehead atoms. The predicted octanol–water partition coefficient (Wildman–Crippen LogP) is 1.08. The Hall–Kier alpha value is -1.30. The lowest BCUT2D eigenvalue weighted by Gasteiger charge is -2.39. The van der Waals surface area contributed by atoms with Crippen molar-refractivity contribution < 1.29 is 24.5 Å². The molecule has 6 heteroatoms. The fourth-order valence-corrected chi connectivity index (χ4v) is 2.17. The van der Waals surface area contributed by atoms with Crippen LogP contribution in [0, 0.1) is 5.41 Å². The number of hydrogen-bond donors (Lipinski definition) is 2. The van der Waals surface area contributed by atoms with Crippen molar-refractivity contribution in [3.63, 3.8) is 0 Å². The second-order valence-electron chi connectivity index (χ2n) is 5.07. The highest BCUT2D eigenvalue weighted by molar-refractivity contribution is 5.78. The number of carbonyl (C=O) groups excluding carboxylic acids is 1. The summed E-state index contributed by atoms with van der Waals surface area (Å²) in [5, 5.41) is 18.6. The molecule has 1 heterocycles. The molecule has 0 aliphatic carbocycles. The fourth-order valence-electron chi connectivity index (χ4n) is 2.17. The first-order valence-electron chi connectivity index (χ1n) is 6.22. The van der Waals surface area contributed by atoms with Gasteiger partial charge in [-0.3, -0.25) is 4.79 Å². The Morgan fingerprint density at radius 3 is 2.72 bits per heavy atom. The molecule has 1 rings (SSSR count). The molecule has 2 atom stereocenters. The highest BCUT2D eigenvalue weighted by Gasteiger charge is 2.44. The van der Waals surface area contributed by atoms with Gasteiger partial charge < -0.3 is 19.8 Å². The molecule has 1 amide bonds. The van der Waals surface area contributed by atoms with Crippen LogP contribution in [0.15, 0.2) is 0 Å². The standard InChI is InChI=1S/C12H21NO5/c1-3-4-5-18-10(15)12(2)6-9(14)7-13(8-12)11(16)17/h9,14H,3-8H2,1-2H3,(H,16,17). The number of nitrogens with zero attached hydrogens (tertiary/aromatic N) is 1. The Balaban J connectivity index is 2.65. The zero-order valence-electron chi connectivity index (χ0n) is 10.9. The van der Waals surface area contributed by atoms with Crippen LogP contribution in [0.4, 0.5) is 4.79 Å². The van der Waals surface area contributed by atoms with E-state index in [1.165, 1.54) is 0 Å². The molecule has 104 valence electrons. The number of aliphatic hydroxyl groups excluding tert-OH is 1. The van der Waals surface area contributed by atoms with Gasteiger partial charge in [-0.15, -0.1) is 0 Å². The third kappa shape index (κ3) is 3.60. The lowest BCUT2D eigenvalue weighted by Crippen LogP contribution is -2.53. The second kappa shape index (κ2) is 6.04. The second-order valence-corrected chi connectivity index (χ2v) is 5.07.